The van der Waals surface area contributed by atoms with Crippen molar-refractivity contribution in [1.82, 2.24) is 14.5 Å². The number of fused-ring (bicyclic) bond motifs is 1. The summed E-state index contributed by atoms with van der Waals surface area (Å²) in [4.78, 5) is 21.0. The van der Waals surface area contributed by atoms with Crippen molar-refractivity contribution in [3.05, 3.63) is 88.4 Å². The van der Waals surface area contributed by atoms with Crippen LogP contribution in [-0.2, 0) is 0 Å². The summed E-state index contributed by atoms with van der Waals surface area (Å²) >= 11 is 0. The Kier molecular flexibility index (Phi) is 4.26. The first kappa shape index (κ1) is 17.7. The van der Waals surface area contributed by atoms with Crippen LogP contribution in [0.25, 0.3) is 16.7 Å². The van der Waals surface area contributed by atoms with Gasteiger partial charge in [0.25, 0.3) is 5.56 Å². The van der Waals surface area contributed by atoms with Crippen LogP contribution in [0.1, 0.15) is 0 Å². The minimum Gasteiger partial charge on any atom is -0.422 e. The van der Waals surface area contributed by atoms with Crippen LogP contribution in [0.15, 0.2) is 59.5 Å². The van der Waals surface area contributed by atoms with Gasteiger partial charge in [-0.1, -0.05) is 0 Å². The second-order valence-electron chi connectivity index (χ2n) is 5.66. The van der Waals surface area contributed by atoms with Gasteiger partial charge in [0.05, 0.1) is 5.69 Å². The van der Waals surface area contributed by atoms with Crippen molar-refractivity contribution in [1.29, 1.82) is 0 Å². The number of pyridine rings is 1. The van der Waals surface area contributed by atoms with Gasteiger partial charge in [-0.2, -0.15) is 9.37 Å². The number of hydrogen-bond acceptors (Lipinski definition) is 4. The van der Waals surface area contributed by atoms with Crippen molar-refractivity contribution in [2.45, 2.75) is 0 Å². The van der Waals surface area contributed by atoms with Gasteiger partial charge in [0, 0.05) is 6.20 Å². The Morgan fingerprint density at radius 3 is 2.39 bits per heavy atom. The van der Waals surface area contributed by atoms with E-state index in [1.165, 1.54) is 30.5 Å². The molecule has 0 atom stereocenters. The molecule has 5 nitrogen and oxygen atoms in total. The van der Waals surface area contributed by atoms with Crippen molar-refractivity contribution >= 4 is 11.0 Å². The summed E-state index contributed by atoms with van der Waals surface area (Å²) in [5.41, 5.74) is -0.381. The average molecular weight is 387 g/mol. The number of halogens is 4. The minimum atomic E-state index is -1.73. The van der Waals surface area contributed by atoms with Crippen LogP contribution in [0.3, 0.4) is 0 Å². The van der Waals surface area contributed by atoms with Gasteiger partial charge >= 0.3 is 6.01 Å². The van der Waals surface area contributed by atoms with Crippen molar-refractivity contribution < 1.29 is 22.3 Å². The Bertz CT molecular complexity index is 1260. The fraction of sp³-hybridized carbons (Fsp3) is 0. The third kappa shape index (κ3) is 2.96. The highest BCUT2D eigenvalue weighted by atomic mass is 19.2. The summed E-state index contributed by atoms with van der Waals surface area (Å²) in [6.45, 7) is 0. The first-order valence-electron chi connectivity index (χ1n) is 7.91. The monoisotopic (exact) mass is 387 g/mol. The molecule has 0 bridgehead atoms. The molecule has 0 unspecified atom stereocenters. The maximum Gasteiger partial charge on any atom is 0.310 e. The molecular formula is C19H9F4N3O2. The maximum absolute atomic E-state index is 14.0. The molecule has 0 aliphatic heterocycles. The Labute approximate surface area is 154 Å². The predicted octanol–water partition coefficient (Wildman–Crippen LogP) is 4.13. The zero-order valence-corrected chi connectivity index (χ0v) is 13.9. The Balaban J connectivity index is 1.96. The van der Waals surface area contributed by atoms with E-state index in [9.17, 15) is 22.4 Å². The number of rotatable bonds is 3. The molecule has 0 aliphatic rings. The zero-order chi connectivity index (χ0) is 19.8. The fourth-order valence-corrected chi connectivity index (χ4v) is 2.57. The molecule has 0 fully saturated rings. The third-order valence-electron chi connectivity index (χ3n) is 3.89. The summed E-state index contributed by atoms with van der Waals surface area (Å²) < 4.78 is 60.2. The largest absolute Gasteiger partial charge is 0.422 e. The average Bonchev–Trinajstić information content (AvgIpc) is 2.70. The van der Waals surface area contributed by atoms with Gasteiger partial charge in [-0.15, -0.1) is 0 Å². The standard InChI is InChI=1S/C19H9F4N3O2/c20-10-3-5-11(6-4-10)26-18(27)17-13(2-1-9-24-17)25-19(26)28-14-8-7-12(21)15(22)16(14)23/h1-9H. The molecular weight excluding hydrogens is 378 g/mol. The van der Waals surface area contributed by atoms with Gasteiger partial charge in [0.2, 0.25) is 5.82 Å². The van der Waals surface area contributed by atoms with Gasteiger partial charge in [-0.3, -0.25) is 4.79 Å². The molecule has 2 aromatic heterocycles. The van der Waals surface area contributed by atoms with E-state index in [0.29, 0.717) is 6.07 Å². The molecule has 0 saturated heterocycles. The maximum atomic E-state index is 14.0. The molecule has 2 aromatic carbocycles. The number of ether oxygens (including phenoxy) is 1. The SMILES string of the molecule is O=c1c2ncccc2nc(Oc2ccc(F)c(F)c2F)n1-c1ccc(F)cc1. The van der Waals surface area contributed by atoms with E-state index in [4.69, 9.17) is 4.74 Å². The molecule has 0 radical (unpaired) electrons. The normalized spacial score (nSPS) is 11.0. The van der Waals surface area contributed by atoms with Crippen LogP contribution in [0.5, 0.6) is 11.8 Å². The summed E-state index contributed by atoms with van der Waals surface area (Å²) in [6, 6.07) is 8.88. The van der Waals surface area contributed by atoms with Gasteiger partial charge in [-0.25, -0.2) is 22.7 Å². The Morgan fingerprint density at radius 2 is 1.64 bits per heavy atom. The van der Waals surface area contributed by atoms with Gasteiger partial charge < -0.3 is 4.74 Å². The molecule has 4 rings (SSSR count). The first-order chi connectivity index (χ1) is 13.5. The Hall–Kier alpha value is -3.75. The van der Waals surface area contributed by atoms with Crippen molar-refractivity contribution in [2.24, 2.45) is 0 Å². The van der Waals surface area contributed by atoms with Gasteiger partial charge in [0.15, 0.2) is 22.9 Å². The second kappa shape index (κ2) is 6.76. The topological polar surface area (TPSA) is 57.0 Å². The lowest BCUT2D eigenvalue weighted by molar-refractivity contribution is 0.371. The highest BCUT2D eigenvalue weighted by molar-refractivity contribution is 5.73. The molecule has 2 heterocycles. The lowest BCUT2D eigenvalue weighted by Gasteiger charge is -2.14. The molecule has 0 amide bonds. The lowest BCUT2D eigenvalue weighted by atomic mass is 10.3. The lowest BCUT2D eigenvalue weighted by Crippen LogP contribution is -2.22. The quantitative estimate of drug-likeness (QED) is 0.392. The van der Waals surface area contributed by atoms with Crippen LogP contribution in [0, 0.1) is 23.3 Å². The third-order valence-corrected chi connectivity index (χ3v) is 3.89. The molecule has 0 aliphatic carbocycles. The van der Waals surface area contributed by atoms with Crippen LogP contribution < -0.4 is 10.3 Å². The fourth-order valence-electron chi connectivity index (χ4n) is 2.57. The number of benzene rings is 2. The van der Waals surface area contributed by atoms with Gasteiger partial charge in [-0.05, 0) is 48.5 Å². The molecule has 140 valence electrons. The highest BCUT2D eigenvalue weighted by Crippen LogP contribution is 2.27. The molecule has 4 aromatic rings. The second-order valence-corrected chi connectivity index (χ2v) is 5.66. The molecule has 0 N–H and O–H groups in total. The van der Waals surface area contributed by atoms with E-state index < -0.39 is 40.6 Å². The summed E-state index contributed by atoms with van der Waals surface area (Å²) in [5.74, 6) is -5.92. The van der Waals surface area contributed by atoms with Crippen molar-refractivity contribution in [2.75, 3.05) is 0 Å². The van der Waals surface area contributed by atoms with Crippen LogP contribution in [0.2, 0.25) is 0 Å². The highest BCUT2D eigenvalue weighted by Gasteiger charge is 2.20. The molecule has 28 heavy (non-hydrogen) atoms. The van der Waals surface area contributed by atoms with Crippen LogP contribution in [0.4, 0.5) is 17.6 Å². The van der Waals surface area contributed by atoms with E-state index in [0.717, 1.165) is 22.8 Å². The van der Waals surface area contributed by atoms with E-state index in [-0.39, 0.29) is 16.7 Å². The molecule has 0 saturated carbocycles. The van der Waals surface area contributed by atoms with Gasteiger partial charge in [0.1, 0.15) is 11.3 Å². The smallest absolute Gasteiger partial charge is 0.310 e. The summed E-state index contributed by atoms with van der Waals surface area (Å²) in [6.07, 6.45) is 1.38. The van der Waals surface area contributed by atoms with E-state index in [2.05, 4.69) is 9.97 Å². The number of nitrogens with zero attached hydrogens (tertiary/aromatic N) is 3. The van der Waals surface area contributed by atoms with E-state index in [1.54, 1.807) is 0 Å². The summed E-state index contributed by atoms with van der Waals surface area (Å²) in [7, 11) is 0. The Morgan fingerprint density at radius 1 is 0.893 bits per heavy atom. The van der Waals surface area contributed by atoms with Crippen molar-refractivity contribution in [3.8, 4) is 17.4 Å². The van der Waals surface area contributed by atoms with Crippen LogP contribution in [-0.4, -0.2) is 14.5 Å². The zero-order valence-electron chi connectivity index (χ0n) is 13.9. The number of aromatic nitrogens is 3. The van der Waals surface area contributed by atoms with Crippen molar-refractivity contribution in [3.63, 3.8) is 0 Å². The number of hydrogen-bond donors (Lipinski definition) is 0. The predicted molar refractivity (Wildman–Crippen MR) is 91.5 cm³/mol. The molecule has 9 heteroatoms. The van der Waals surface area contributed by atoms with E-state index in [1.807, 2.05) is 0 Å². The first-order valence-corrected chi connectivity index (χ1v) is 7.91. The van der Waals surface area contributed by atoms with Crippen LogP contribution >= 0.6 is 0 Å². The van der Waals surface area contributed by atoms with E-state index >= 15 is 0 Å². The summed E-state index contributed by atoms with van der Waals surface area (Å²) in [5, 5.41) is 0. The minimum absolute atomic E-state index is 0.00932. The molecule has 0 spiro atoms.